The molecule has 4 nitrogen and oxygen atoms in total. The number of ether oxygens (including phenoxy) is 1. The molecule has 5 rings (SSSR count). The van der Waals surface area contributed by atoms with Crippen LogP contribution < -0.4 is 4.87 Å². The molecular weight excluding hydrogens is 414 g/mol. The van der Waals surface area contributed by atoms with Crippen molar-refractivity contribution in [1.29, 1.82) is 0 Å². The zero-order chi connectivity index (χ0) is 19.4. The highest BCUT2D eigenvalue weighted by molar-refractivity contribution is 8.00. The summed E-state index contributed by atoms with van der Waals surface area (Å²) in [5.41, 5.74) is 1.23. The smallest absolute Gasteiger partial charge is 0.326 e. The van der Waals surface area contributed by atoms with Crippen molar-refractivity contribution in [3.63, 3.8) is 0 Å². The number of fused-ring (bicyclic) bond motifs is 6. The minimum atomic E-state index is -0.344. The summed E-state index contributed by atoms with van der Waals surface area (Å²) in [4.78, 5) is 26.0. The maximum absolute atomic E-state index is 12.8. The van der Waals surface area contributed by atoms with Gasteiger partial charge in [0.1, 0.15) is 6.54 Å². The Hall–Kier alpha value is -1.24. The van der Waals surface area contributed by atoms with Gasteiger partial charge in [0.05, 0.1) is 11.6 Å². The summed E-state index contributed by atoms with van der Waals surface area (Å²) in [5.74, 6) is 1.88. The highest BCUT2D eigenvalue weighted by Gasteiger charge is 2.55. The number of hydrogen-bond acceptors (Lipinski definition) is 5. The molecule has 0 saturated heterocycles. The molecule has 1 aromatic heterocycles. The SMILES string of the molecule is CCOC(=O)Cn1c2c(sc1=O)[C@@H](c1ccc(Cl)cc1)C1C3CCC(C3)C1S2. The Bertz CT molecular complexity index is 967. The van der Waals surface area contributed by atoms with Crippen molar-refractivity contribution in [3.05, 3.63) is 49.4 Å². The van der Waals surface area contributed by atoms with Gasteiger partial charge in [0.15, 0.2) is 0 Å². The van der Waals surface area contributed by atoms with Crippen LogP contribution in [0.4, 0.5) is 0 Å². The molecule has 2 bridgehead atoms. The predicted octanol–water partition coefficient (Wildman–Crippen LogP) is 4.78. The van der Waals surface area contributed by atoms with Crippen molar-refractivity contribution in [2.45, 2.75) is 48.9 Å². The van der Waals surface area contributed by atoms with Crippen LogP contribution in [0.3, 0.4) is 0 Å². The molecule has 2 aromatic rings. The molecule has 5 atom stereocenters. The van der Waals surface area contributed by atoms with Crippen LogP contribution in [0.2, 0.25) is 5.02 Å². The molecule has 3 aliphatic rings. The summed E-state index contributed by atoms with van der Waals surface area (Å²) in [6, 6.07) is 8.10. The number of aromatic nitrogens is 1. The van der Waals surface area contributed by atoms with E-state index in [4.69, 9.17) is 16.3 Å². The molecule has 0 spiro atoms. The maximum Gasteiger partial charge on any atom is 0.326 e. The Balaban J connectivity index is 1.61. The number of esters is 1. The normalized spacial score (nSPS) is 30.1. The fraction of sp³-hybridized carbons (Fsp3) is 0.524. The zero-order valence-corrected chi connectivity index (χ0v) is 18.0. The minimum absolute atomic E-state index is 0.00429. The molecule has 2 fully saturated rings. The first-order valence-corrected chi connectivity index (χ1v) is 12.0. The first kappa shape index (κ1) is 18.8. The molecule has 0 radical (unpaired) electrons. The summed E-state index contributed by atoms with van der Waals surface area (Å²) in [6.07, 6.45) is 3.88. The van der Waals surface area contributed by atoms with Crippen LogP contribution in [0.5, 0.6) is 0 Å². The van der Waals surface area contributed by atoms with Gasteiger partial charge >= 0.3 is 10.8 Å². The Kier molecular flexibility index (Phi) is 4.84. The van der Waals surface area contributed by atoms with Crippen molar-refractivity contribution in [2.24, 2.45) is 17.8 Å². The van der Waals surface area contributed by atoms with Gasteiger partial charge in [0.2, 0.25) is 0 Å². The molecule has 4 unspecified atom stereocenters. The predicted molar refractivity (Wildman–Crippen MR) is 112 cm³/mol. The fourth-order valence-electron chi connectivity index (χ4n) is 5.47. The van der Waals surface area contributed by atoms with E-state index in [0.29, 0.717) is 23.7 Å². The zero-order valence-electron chi connectivity index (χ0n) is 15.6. The van der Waals surface area contributed by atoms with Gasteiger partial charge in [0, 0.05) is 21.1 Å². The third-order valence-corrected chi connectivity index (χ3v) is 9.59. The fourth-order valence-corrected chi connectivity index (χ4v) is 8.74. The molecule has 148 valence electrons. The lowest BCUT2D eigenvalue weighted by Gasteiger charge is -2.40. The number of thiazole rings is 1. The Morgan fingerprint density at radius 1 is 1.25 bits per heavy atom. The Morgan fingerprint density at radius 2 is 2.00 bits per heavy atom. The highest BCUT2D eigenvalue weighted by atomic mass is 35.5. The largest absolute Gasteiger partial charge is 0.465 e. The van der Waals surface area contributed by atoms with Gasteiger partial charge in [-0.15, -0.1) is 11.8 Å². The van der Waals surface area contributed by atoms with Crippen LogP contribution in [0.15, 0.2) is 34.1 Å². The highest BCUT2D eigenvalue weighted by Crippen LogP contribution is 2.64. The van der Waals surface area contributed by atoms with Crippen molar-refractivity contribution in [3.8, 4) is 0 Å². The van der Waals surface area contributed by atoms with Gasteiger partial charge in [-0.05, 0) is 61.6 Å². The number of carbonyl (C=O) groups excluding carboxylic acids is 1. The maximum atomic E-state index is 12.8. The lowest BCUT2D eigenvalue weighted by atomic mass is 9.75. The summed E-state index contributed by atoms with van der Waals surface area (Å²) in [7, 11) is 0. The van der Waals surface area contributed by atoms with E-state index >= 15 is 0 Å². The van der Waals surface area contributed by atoms with Crippen LogP contribution >= 0.6 is 34.7 Å². The topological polar surface area (TPSA) is 48.3 Å². The molecule has 28 heavy (non-hydrogen) atoms. The first-order chi connectivity index (χ1) is 13.6. The second-order valence-electron chi connectivity index (χ2n) is 7.95. The molecule has 1 aliphatic heterocycles. The van der Waals surface area contributed by atoms with Crippen LogP contribution in [0.1, 0.15) is 42.5 Å². The van der Waals surface area contributed by atoms with Crippen LogP contribution in [-0.4, -0.2) is 22.4 Å². The van der Waals surface area contributed by atoms with Gasteiger partial charge in [-0.3, -0.25) is 14.2 Å². The molecular formula is C21H22ClNO3S2. The number of nitrogens with zero attached hydrogens (tertiary/aromatic N) is 1. The van der Waals surface area contributed by atoms with Gasteiger partial charge in [0.25, 0.3) is 0 Å². The van der Waals surface area contributed by atoms with E-state index in [-0.39, 0.29) is 23.3 Å². The number of halogens is 1. The average Bonchev–Trinajstić information content (AvgIpc) is 3.36. The van der Waals surface area contributed by atoms with Crippen LogP contribution in [0, 0.1) is 17.8 Å². The average molecular weight is 436 g/mol. The van der Waals surface area contributed by atoms with E-state index in [1.54, 1.807) is 11.5 Å². The Morgan fingerprint density at radius 3 is 2.75 bits per heavy atom. The number of rotatable bonds is 4. The minimum Gasteiger partial charge on any atom is -0.465 e. The van der Waals surface area contributed by atoms with Crippen LogP contribution in [-0.2, 0) is 16.1 Å². The van der Waals surface area contributed by atoms with Gasteiger partial charge in [-0.25, -0.2) is 0 Å². The summed E-state index contributed by atoms with van der Waals surface area (Å²) in [5, 5.41) is 2.23. The van der Waals surface area contributed by atoms with E-state index in [9.17, 15) is 9.59 Å². The van der Waals surface area contributed by atoms with Crippen molar-refractivity contribution in [1.82, 2.24) is 4.57 Å². The summed E-state index contributed by atoms with van der Waals surface area (Å²) >= 11 is 9.28. The Labute approximate surface area is 177 Å². The first-order valence-electron chi connectivity index (χ1n) is 9.88. The van der Waals surface area contributed by atoms with E-state index in [1.165, 1.54) is 36.2 Å². The molecule has 0 N–H and O–H groups in total. The second-order valence-corrected chi connectivity index (χ2v) is 10.5. The number of carbonyl (C=O) groups is 1. The van der Waals surface area contributed by atoms with Crippen molar-refractivity contribution in [2.75, 3.05) is 6.61 Å². The van der Waals surface area contributed by atoms with Gasteiger partial charge in [-0.1, -0.05) is 35.1 Å². The van der Waals surface area contributed by atoms with Gasteiger partial charge < -0.3 is 4.74 Å². The third-order valence-electron chi connectivity index (χ3n) is 6.51. The molecule has 1 aromatic carbocycles. The lowest BCUT2D eigenvalue weighted by molar-refractivity contribution is -0.144. The molecule has 0 amide bonds. The van der Waals surface area contributed by atoms with Crippen molar-refractivity contribution < 1.29 is 9.53 Å². The summed E-state index contributed by atoms with van der Waals surface area (Å²) in [6.45, 7) is 2.12. The van der Waals surface area contributed by atoms with E-state index in [2.05, 4.69) is 12.1 Å². The van der Waals surface area contributed by atoms with E-state index in [0.717, 1.165) is 20.8 Å². The van der Waals surface area contributed by atoms with Crippen LogP contribution in [0.25, 0.3) is 0 Å². The van der Waals surface area contributed by atoms with Gasteiger partial charge in [-0.2, -0.15) is 0 Å². The number of thioether (sulfide) groups is 1. The van der Waals surface area contributed by atoms with Crippen molar-refractivity contribution >= 4 is 40.7 Å². The molecule has 2 heterocycles. The monoisotopic (exact) mass is 435 g/mol. The second kappa shape index (κ2) is 7.22. The third kappa shape index (κ3) is 2.96. The lowest BCUT2D eigenvalue weighted by Crippen LogP contribution is -2.34. The van der Waals surface area contributed by atoms with E-state index < -0.39 is 0 Å². The number of hydrogen-bond donors (Lipinski definition) is 0. The number of benzene rings is 1. The van der Waals surface area contributed by atoms with E-state index in [1.807, 2.05) is 23.9 Å². The standard InChI is InChI=1S/C21H22ClNO3S2/c1-2-26-15(24)10-23-20-19(28-21(23)25)16(11-5-7-14(22)8-6-11)17-12-3-4-13(9-12)18(17)27-20/h5-8,12-13,16-18H,2-4,9-10H2,1H3/t12?,13?,16-,17?,18?/m0/s1. The molecule has 2 saturated carbocycles. The molecule has 7 heteroatoms. The summed E-state index contributed by atoms with van der Waals surface area (Å²) < 4.78 is 6.75. The quantitative estimate of drug-likeness (QED) is 0.648. The molecule has 2 aliphatic carbocycles.